The molecule has 1 heterocycles. The molecule has 2 rings (SSSR count). The van der Waals surface area contributed by atoms with Crippen LogP contribution in [0, 0.1) is 5.92 Å². The number of rotatable bonds is 4. The number of halogens is 1. The van der Waals surface area contributed by atoms with E-state index in [1.165, 1.54) is 5.56 Å². The zero-order chi connectivity index (χ0) is 14.5. The number of hydrogen-bond acceptors (Lipinski definition) is 4. The molecule has 0 aliphatic carbocycles. The molecule has 1 aromatic carbocycles. The summed E-state index contributed by atoms with van der Waals surface area (Å²) in [6.07, 6.45) is 1.87. The number of ether oxygens (including phenoxy) is 1. The maximum Gasteiger partial charge on any atom is 0.133 e. The van der Waals surface area contributed by atoms with Gasteiger partial charge < -0.3 is 9.94 Å². The van der Waals surface area contributed by atoms with Gasteiger partial charge in [-0.1, -0.05) is 18.1 Å². The zero-order valence-electron chi connectivity index (χ0n) is 12.0. The standard InChI is InChI=1S/C15H21BrN2O2/c1-3-12-10-18(7-6-14(12)17-19)9-11-4-5-15(20-2)13(16)8-11/h4-5,8,12,19H,3,6-7,9-10H2,1-2H3/b17-14+. The third-order valence-electron chi connectivity index (χ3n) is 3.88. The minimum atomic E-state index is 0.371. The molecule has 110 valence electrons. The van der Waals surface area contributed by atoms with Crippen LogP contribution in [0.2, 0.25) is 0 Å². The van der Waals surface area contributed by atoms with E-state index in [9.17, 15) is 0 Å². The van der Waals surface area contributed by atoms with Gasteiger partial charge in [-0.3, -0.25) is 4.90 Å². The molecule has 0 bridgehead atoms. The molecular formula is C15H21BrN2O2. The molecule has 0 aromatic heterocycles. The number of likely N-dealkylation sites (tertiary alicyclic amines) is 1. The lowest BCUT2D eigenvalue weighted by Gasteiger charge is -2.32. The van der Waals surface area contributed by atoms with Crippen LogP contribution in [0.15, 0.2) is 27.8 Å². The molecule has 0 radical (unpaired) electrons. The molecule has 1 unspecified atom stereocenters. The van der Waals surface area contributed by atoms with Crippen molar-refractivity contribution in [1.82, 2.24) is 4.90 Å². The van der Waals surface area contributed by atoms with Gasteiger partial charge in [0.15, 0.2) is 0 Å². The van der Waals surface area contributed by atoms with Gasteiger partial charge in [0.25, 0.3) is 0 Å². The van der Waals surface area contributed by atoms with Crippen molar-refractivity contribution in [1.29, 1.82) is 0 Å². The van der Waals surface area contributed by atoms with Gasteiger partial charge in [-0.2, -0.15) is 0 Å². The SMILES string of the molecule is CCC1CN(Cc2ccc(OC)c(Br)c2)CC/C1=N\O. The van der Waals surface area contributed by atoms with Crippen LogP contribution in [0.5, 0.6) is 5.75 Å². The lowest BCUT2D eigenvalue weighted by molar-refractivity contribution is 0.220. The lowest BCUT2D eigenvalue weighted by atomic mass is 9.93. The van der Waals surface area contributed by atoms with E-state index in [-0.39, 0.29) is 0 Å². The third-order valence-corrected chi connectivity index (χ3v) is 4.50. The highest BCUT2D eigenvalue weighted by Gasteiger charge is 2.24. The first kappa shape index (κ1) is 15.3. The van der Waals surface area contributed by atoms with Crippen molar-refractivity contribution in [3.05, 3.63) is 28.2 Å². The van der Waals surface area contributed by atoms with Gasteiger partial charge in [0.1, 0.15) is 5.75 Å². The van der Waals surface area contributed by atoms with E-state index in [1.54, 1.807) is 7.11 Å². The molecule has 1 aliphatic rings. The van der Waals surface area contributed by atoms with Gasteiger partial charge >= 0.3 is 0 Å². The first-order chi connectivity index (χ1) is 9.67. The molecule has 20 heavy (non-hydrogen) atoms. The van der Waals surface area contributed by atoms with Crippen LogP contribution < -0.4 is 4.74 Å². The van der Waals surface area contributed by atoms with E-state index in [1.807, 2.05) is 6.07 Å². The Bertz CT molecular complexity index is 491. The minimum Gasteiger partial charge on any atom is -0.496 e. The second-order valence-corrected chi connectivity index (χ2v) is 6.00. The van der Waals surface area contributed by atoms with Gasteiger partial charge in [-0.25, -0.2) is 0 Å². The fourth-order valence-electron chi connectivity index (χ4n) is 2.69. The Labute approximate surface area is 128 Å². The molecule has 1 fully saturated rings. The monoisotopic (exact) mass is 340 g/mol. The summed E-state index contributed by atoms with van der Waals surface area (Å²) < 4.78 is 6.23. The van der Waals surface area contributed by atoms with Gasteiger partial charge in [-0.15, -0.1) is 0 Å². The van der Waals surface area contributed by atoms with E-state index in [2.05, 4.69) is 45.0 Å². The second kappa shape index (κ2) is 7.09. The van der Waals surface area contributed by atoms with Gasteiger partial charge in [0.2, 0.25) is 0 Å². The van der Waals surface area contributed by atoms with Crippen LogP contribution in [0.25, 0.3) is 0 Å². The topological polar surface area (TPSA) is 45.1 Å². The fraction of sp³-hybridized carbons (Fsp3) is 0.533. The van der Waals surface area contributed by atoms with E-state index in [4.69, 9.17) is 9.94 Å². The van der Waals surface area contributed by atoms with Crippen molar-refractivity contribution in [2.24, 2.45) is 11.1 Å². The number of piperidine rings is 1. The summed E-state index contributed by atoms with van der Waals surface area (Å²) in [4.78, 5) is 2.41. The van der Waals surface area contributed by atoms with Gasteiger partial charge in [0.05, 0.1) is 17.3 Å². The van der Waals surface area contributed by atoms with Crippen molar-refractivity contribution in [3.63, 3.8) is 0 Å². The largest absolute Gasteiger partial charge is 0.496 e. The third kappa shape index (κ3) is 3.52. The van der Waals surface area contributed by atoms with E-state index in [0.717, 1.165) is 48.4 Å². The van der Waals surface area contributed by atoms with Crippen molar-refractivity contribution < 1.29 is 9.94 Å². The minimum absolute atomic E-state index is 0.371. The summed E-state index contributed by atoms with van der Waals surface area (Å²) in [7, 11) is 1.67. The normalized spacial score (nSPS) is 22.1. The maximum absolute atomic E-state index is 9.01. The van der Waals surface area contributed by atoms with E-state index in [0.29, 0.717) is 5.92 Å². The van der Waals surface area contributed by atoms with Crippen LogP contribution in [-0.4, -0.2) is 36.0 Å². The van der Waals surface area contributed by atoms with Crippen LogP contribution in [-0.2, 0) is 6.54 Å². The molecule has 0 amide bonds. The summed E-state index contributed by atoms with van der Waals surface area (Å²) in [6.45, 7) is 4.96. The second-order valence-electron chi connectivity index (χ2n) is 5.15. The summed E-state index contributed by atoms with van der Waals surface area (Å²) in [5, 5.41) is 12.5. The highest BCUT2D eigenvalue weighted by atomic mass is 79.9. The molecule has 0 spiro atoms. The van der Waals surface area contributed by atoms with Crippen LogP contribution in [0.1, 0.15) is 25.3 Å². The highest BCUT2D eigenvalue weighted by molar-refractivity contribution is 9.10. The van der Waals surface area contributed by atoms with Crippen LogP contribution in [0.4, 0.5) is 0 Å². The molecular weight excluding hydrogens is 320 g/mol. The predicted molar refractivity (Wildman–Crippen MR) is 83.6 cm³/mol. The molecule has 1 aliphatic heterocycles. The predicted octanol–water partition coefficient (Wildman–Crippen LogP) is 3.52. The van der Waals surface area contributed by atoms with Crippen LogP contribution >= 0.6 is 15.9 Å². The first-order valence-electron chi connectivity index (χ1n) is 6.93. The van der Waals surface area contributed by atoms with Crippen molar-refractivity contribution in [3.8, 4) is 5.75 Å². The molecule has 1 N–H and O–H groups in total. The Morgan fingerprint density at radius 1 is 1.50 bits per heavy atom. The van der Waals surface area contributed by atoms with Crippen molar-refractivity contribution >= 4 is 21.6 Å². The average Bonchev–Trinajstić information content (AvgIpc) is 2.47. The maximum atomic E-state index is 9.01. The average molecular weight is 341 g/mol. The summed E-state index contributed by atoms with van der Waals surface area (Å²) in [5.74, 6) is 1.23. The quantitative estimate of drug-likeness (QED) is 0.673. The summed E-state index contributed by atoms with van der Waals surface area (Å²) in [6, 6.07) is 6.19. The first-order valence-corrected chi connectivity index (χ1v) is 7.72. The van der Waals surface area contributed by atoms with Crippen molar-refractivity contribution in [2.75, 3.05) is 20.2 Å². The Morgan fingerprint density at radius 3 is 2.90 bits per heavy atom. The number of methoxy groups -OCH3 is 1. The van der Waals surface area contributed by atoms with Gasteiger partial charge in [-0.05, 0) is 40.0 Å². The molecule has 0 saturated carbocycles. The van der Waals surface area contributed by atoms with E-state index >= 15 is 0 Å². The number of oxime groups is 1. The molecule has 1 aromatic rings. The smallest absolute Gasteiger partial charge is 0.133 e. The Kier molecular flexibility index (Phi) is 5.43. The molecule has 4 nitrogen and oxygen atoms in total. The van der Waals surface area contributed by atoms with Gasteiger partial charge in [0, 0.05) is 32.0 Å². The summed E-state index contributed by atoms with van der Waals surface area (Å²) >= 11 is 3.52. The Balaban J connectivity index is 2.02. The highest BCUT2D eigenvalue weighted by Crippen LogP contribution is 2.27. The number of nitrogens with zero attached hydrogens (tertiary/aromatic N) is 2. The van der Waals surface area contributed by atoms with Crippen molar-refractivity contribution in [2.45, 2.75) is 26.3 Å². The number of benzene rings is 1. The summed E-state index contributed by atoms with van der Waals surface area (Å²) in [5.41, 5.74) is 2.21. The number of hydrogen-bond donors (Lipinski definition) is 1. The molecule has 1 atom stereocenters. The van der Waals surface area contributed by atoms with Crippen LogP contribution in [0.3, 0.4) is 0 Å². The Hall–Kier alpha value is -1.07. The zero-order valence-corrected chi connectivity index (χ0v) is 13.6. The molecule has 1 saturated heterocycles. The van der Waals surface area contributed by atoms with E-state index < -0.39 is 0 Å². The lowest BCUT2D eigenvalue weighted by Crippen LogP contribution is -2.40. The Morgan fingerprint density at radius 2 is 2.30 bits per heavy atom. The molecule has 5 heteroatoms. The fourth-order valence-corrected chi connectivity index (χ4v) is 3.28.